The van der Waals surface area contributed by atoms with E-state index < -0.39 is 5.60 Å². The van der Waals surface area contributed by atoms with Crippen molar-refractivity contribution in [1.82, 2.24) is 0 Å². The molecule has 1 heterocycles. The molecule has 1 aliphatic carbocycles. The van der Waals surface area contributed by atoms with E-state index in [1.165, 1.54) is 12.2 Å². The monoisotopic (exact) mass is 212 g/mol. The summed E-state index contributed by atoms with van der Waals surface area (Å²) >= 11 is 0. The van der Waals surface area contributed by atoms with Crippen molar-refractivity contribution >= 4 is 11.8 Å². The number of hydrogen-bond donors (Lipinski definition) is 0. The molecule has 1 aliphatic heterocycles. The molecule has 1 aromatic carbocycles. The first-order chi connectivity index (χ1) is 7.71. The smallest absolute Gasteiger partial charge is 0.340 e. The highest BCUT2D eigenvalue weighted by Crippen LogP contribution is 2.39. The van der Waals surface area contributed by atoms with E-state index in [1.54, 1.807) is 24.3 Å². The van der Waals surface area contributed by atoms with Crippen LogP contribution in [0.3, 0.4) is 0 Å². The van der Waals surface area contributed by atoms with Gasteiger partial charge in [0, 0.05) is 5.56 Å². The molecule has 78 valence electrons. The van der Waals surface area contributed by atoms with Crippen molar-refractivity contribution in [2.24, 2.45) is 0 Å². The second kappa shape index (κ2) is 2.92. The minimum atomic E-state index is -0.873. The summed E-state index contributed by atoms with van der Waals surface area (Å²) in [6.07, 6.45) is 6.10. The Kier molecular flexibility index (Phi) is 1.66. The topological polar surface area (TPSA) is 43.4 Å². The number of ether oxygens (including phenoxy) is 1. The van der Waals surface area contributed by atoms with Crippen LogP contribution < -0.4 is 0 Å². The fourth-order valence-electron chi connectivity index (χ4n) is 2.04. The summed E-state index contributed by atoms with van der Waals surface area (Å²) in [6.45, 7) is 0. The fraction of sp³-hybridized carbons (Fsp3) is 0.0769. The highest BCUT2D eigenvalue weighted by atomic mass is 16.6. The molecule has 1 spiro atoms. The van der Waals surface area contributed by atoms with E-state index in [1.807, 2.05) is 12.1 Å². The van der Waals surface area contributed by atoms with Gasteiger partial charge in [-0.25, -0.2) is 4.79 Å². The molecule has 0 atom stereocenters. The Morgan fingerprint density at radius 2 is 1.69 bits per heavy atom. The maximum Gasteiger partial charge on any atom is 0.340 e. The van der Waals surface area contributed by atoms with E-state index in [4.69, 9.17) is 4.74 Å². The van der Waals surface area contributed by atoms with Crippen LogP contribution >= 0.6 is 0 Å². The van der Waals surface area contributed by atoms with Crippen molar-refractivity contribution in [2.45, 2.75) is 5.60 Å². The molecule has 0 amide bonds. The largest absolute Gasteiger partial charge is 0.442 e. The molecular formula is C13H8O3. The maximum absolute atomic E-state index is 11.6. The standard InChI is InChI=1S/C13H8O3/c14-9-5-7-13(8-6-9)11-4-2-1-3-10(11)12(15)16-13/h1-8H. The lowest BCUT2D eigenvalue weighted by atomic mass is 9.88. The molecule has 3 nitrogen and oxygen atoms in total. The van der Waals surface area contributed by atoms with Crippen molar-refractivity contribution in [3.63, 3.8) is 0 Å². The predicted molar refractivity (Wildman–Crippen MR) is 56.8 cm³/mol. The maximum atomic E-state index is 11.6. The Balaban J connectivity index is 2.20. The second-order valence-electron chi connectivity index (χ2n) is 3.80. The zero-order valence-corrected chi connectivity index (χ0v) is 8.34. The lowest BCUT2D eigenvalue weighted by Crippen LogP contribution is -2.23. The molecule has 0 saturated carbocycles. The first-order valence-corrected chi connectivity index (χ1v) is 4.97. The zero-order chi connectivity index (χ0) is 11.2. The Hall–Kier alpha value is -2.16. The molecule has 0 fully saturated rings. The van der Waals surface area contributed by atoms with Crippen LogP contribution in [-0.2, 0) is 15.1 Å². The third-order valence-electron chi connectivity index (χ3n) is 2.82. The first-order valence-electron chi connectivity index (χ1n) is 4.97. The van der Waals surface area contributed by atoms with Crippen LogP contribution in [-0.4, -0.2) is 11.8 Å². The van der Waals surface area contributed by atoms with Gasteiger partial charge in [0.05, 0.1) is 5.56 Å². The van der Waals surface area contributed by atoms with Crippen molar-refractivity contribution in [3.05, 3.63) is 59.7 Å². The van der Waals surface area contributed by atoms with Gasteiger partial charge in [0.2, 0.25) is 0 Å². The Morgan fingerprint density at radius 1 is 1.00 bits per heavy atom. The third-order valence-corrected chi connectivity index (χ3v) is 2.82. The number of fused-ring (bicyclic) bond motifs is 2. The van der Waals surface area contributed by atoms with Gasteiger partial charge in [-0.1, -0.05) is 18.2 Å². The number of carbonyl (C=O) groups excluding carboxylic acids is 2. The van der Waals surface area contributed by atoms with Crippen LogP contribution in [0.15, 0.2) is 48.6 Å². The summed E-state index contributed by atoms with van der Waals surface area (Å²) in [5, 5.41) is 0. The van der Waals surface area contributed by atoms with Gasteiger partial charge < -0.3 is 4.74 Å². The molecule has 16 heavy (non-hydrogen) atoms. The average Bonchev–Trinajstić information content (AvgIpc) is 2.58. The van der Waals surface area contributed by atoms with Gasteiger partial charge in [-0.05, 0) is 30.4 Å². The van der Waals surface area contributed by atoms with Crippen molar-refractivity contribution < 1.29 is 14.3 Å². The van der Waals surface area contributed by atoms with E-state index >= 15 is 0 Å². The Morgan fingerprint density at radius 3 is 2.44 bits per heavy atom. The zero-order valence-electron chi connectivity index (χ0n) is 8.34. The average molecular weight is 212 g/mol. The highest BCUT2D eigenvalue weighted by molar-refractivity contribution is 6.02. The number of rotatable bonds is 0. The number of allylic oxidation sites excluding steroid dienone is 2. The van der Waals surface area contributed by atoms with E-state index in [0.717, 1.165) is 5.56 Å². The fourth-order valence-corrected chi connectivity index (χ4v) is 2.04. The van der Waals surface area contributed by atoms with Crippen LogP contribution in [0.1, 0.15) is 15.9 Å². The number of carbonyl (C=O) groups is 2. The predicted octanol–water partition coefficient (Wildman–Crippen LogP) is 1.75. The van der Waals surface area contributed by atoms with Gasteiger partial charge in [-0.2, -0.15) is 0 Å². The minimum Gasteiger partial charge on any atom is -0.442 e. The van der Waals surface area contributed by atoms with Gasteiger partial charge >= 0.3 is 5.97 Å². The summed E-state index contributed by atoms with van der Waals surface area (Å²) in [7, 11) is 0. The SMILES string of the molecule is O=C1C=CC2(C=C1)OC(=O)c1ccccc12. The quantitative estimate of drug-likeness (QED) is 0.615. The molecule has 0 N–H and O–H groups in total. The molecule has 0 radical (unpaired) electrons. The van der Waals surface area contributed by atoms with Crippen LogP contribution in [0.25, 0.3) is 0 Å². The first kappa shape index (κ1) is 9.09. The third kappa shape index (κ3) is 1.08. The molecule has 1 aromatic rings. The van der Waals surface area contributed by atoms with Gasteiger partial charge in [0.15, 0.2) is 11.4 Å². The summed E-state index contributed by atoms with van der Waals surface area (Å²) in [6, 6.07) is 7.20. The summed E-state index contributed by atoms with van der Waals surface area (Å²) < 4.78 is 5.34. The molecular weight excluding hydrogens is 204 g/mol. The summed E-state index contributed by atoms with van der Waals surface area (Å²) in [5.74, 6) is -0.440. The molecule has 0 saturated heterocycles. The van der Waals surface area contributed by atoms with Crippen LogP contribution in [0.4, 0.5) is 0 Å². The minimum absolute atomic E-state index is 0.0916. The molecule has 0 unspecified atom stereocenters. The van der Waals surface area contributed by atoms with Gasteiger partial charge in [-0.15, -0.1) is 0 Å². The molecule has 0 aromatic heterocycles. The highest BCUT2D eigenvalue weighted by Gasteiger charge is 2.42. The van der Waals surface area contributed by atoms with E-state index in [-0.39, 0.29) is 11.8 Å². The molecule has 0 bridgehead atoms. The van der Waals surface area contributed by atoms with Crippen molar-refractivity contribution in [2.75, 3.05) is 0 Å². The lowest BCUT2D eigenvalue weighted by Gasteiger charge is -2.22. The van der Waals surface area contributed by atoms with Crippen LogP contribution in [0, 0.1) is 0 Å². The van der Waals surface area contributed by atoms with Crippen molar-refractivity contribution in [1.29, 1.82) is 0 Å². The van der Waals surface area contributed by atoms with Crippen molar-refractivity contribution in [3.8, 4) is 0 Å². The van der Waals surface area contributed by atoms with Gasteiger partial charge in [0.1, 0.15) is 0 Å². The van der Waals surface area contributed by atoms with Crippen LogP contribution in [0.2, 0.25) is 0 Å². The van der Waals surface area contributed by atoms with Crippen LogP contribution in [0.5, 0.6) is 0 Å². The summed E-state index contributed by atoms with van der Waals surface area (Å²) in [5.41, 5.74) is 0.479. The molecule has 3 heteroatoms. The number of hydrogen-bond acceptors (Lipinski definition) is 3. The lowest BCUT2D eigenvalue weighted by molar-refractivity contribution is -0.110. The number of esters is 1. The van der Waals surface area contributed by atoms with E-state index in [2.05, 4.69) is 0 Å². The molecule has 3 rings (SSSR count). The van der Waals surface area contributed by atoms with Gasteiger partial charge in [-0.3, -0.25) is 4.79 Å². The Bertz CT molecular complexity index is 536. The number of ketones is 1. The van der Waals surface area contributed by atoms with E-state index in [0.29, 0.717) is 5.56 Å². The normalized spacial score (nSPS) is 20.0. The molecule has 2 aliphatic rings. The second-order valence-corrected chi connectivity index (χ2v) is 3.80. The Labute approximate surface area is 92.0 Å². The number of benzene rings is 1. The summed E-state index contributed by atoms with van der Waals surface area (Å²) in [4.78, 5) is 22.7. The van der Waals surface area contributed by atoms with E-state index in [9.17, 15) is 9.59 Å². The van der Waals surface area contributed by atoms with Gasteiger partial charge in [0.25, 0.3) is 0 Å².